The van der Waals surface area contributed by atoms with Crippen LogP contribution < -0.4 is 10.5 Å². The molecule has 0 saturated carbocycles. The maximum Gasteiger partial charge on any atom is 0.146 e. The van der Waals surface area contributed by atoms with E-state index in [1.807, 2.05) is 36.4 Å². The highest BCUT2D eigenvalue weighted by molar-refractivity contribution is 9.10. The molecule has 20 heavy (non-hydrogen) atoms. The van der Waals surface area contributed by atoms with Crippen molar-refractivity contribution in [3.8, 4) is 5.75 Å². The van der Waals surface area contributed by atoms with Crippen molar-refractivity contribution in [2.24, 2.45) is 0 Å². The summed E-state index contributed by atoms with van der Waals surface area (Å²) < 4.78 is 6.75. The molecule has 3 rings (SSSR count). The van der Waals surface area contributed by atoms with E-state index < -0.39 is 0 Å². The summed E-state index contributed by atoms with van der Waals surface area (Å²) in [5.74, 6) is 0.708. The standard InChI is InChI=1S/C15H12BrN3O/c16-10-3-4-11(19-8-10)9-20-14-6-5-13(17)12-2-1-7-18-15(12)14/h1-8H,9,17H2. The molecule has 5 heteroatoms. The number of anilines is 1. The number of halogens is 1. The summed E-state index contributed by atoms with van der Waals surface area (Å²) in [4.78, 5) is 8.61. The van der Waals surface area contributed by atoms with Gasteiger partial charge in [-0.15, -0.1) is 0 Å². The number of fused-ring (bicyclic) bond motifs is 1. The fraction of sp³-hybridized carbons (Fsp3) is 0.0667. The van der Waals surface area contributed by atoms with E-state index in [1.54, 1.807) is 12.4 Å². The van der Waals surface area contributed by atoms with Crippen molar-refractivity contribution in [2.75, 3.05) is 5.73 Å². The molecular formula is C15H12BrN3O. The molecule has 100 valence electrons. The highest BCUT2D eigenvalue weighted by Gasteiger charge is 2.06. The Bertz CT molecular complexity index is 744. The van der Waals surface area contributed by atoms with Crippen molar-refractivity contribution in [3.05, 3.63) is 59.0 Å². The van der Waals surface area contributed by atoms with Crippen LogP contribution in [0, 0.1) is 0 Å². The van der Waals surface area contributed by atoms with Gasteiger partial charge >= 0.3 is 0 Å². The lowest BCUT2D eigenvalue weighted by Gasteiger charge is -2.09. The normalized spacial score (nSPS) is 10.7. The van der Waals surface area contributed by atoms with Crippen LogP contribution in [0.1, 0.15) is 5.69 Å². The third-order valence-electron chi connectivity index (χ3n) is 2.93. The zero-order valence-corrected chi connectivity index (χ0v) is 12.2. The lowest BCUT2D eigenvalue weighted by molar-refractivity contribution is 0.304. The third-order valence-corrected chi connectivity index (χ3v) is 3.40. The number of rotatable bonds is 3. The van der Waals surface area contributed by atoms with Gasteiger partial charge < -0.3 is 10.5 Å². The first-order valence-electron chi connectivity index (χ1n) is 6.10. The van der Waals surface area contributed by atoms with Gasteiger partial charge in [0.1, 0.15) is 17.9 Å². The Morgan fingerprint density at radius 1 is 1.10 bits per heavy atom. The smallest absolute Gasteiger partial charge is 0.146 e. The zero-order valence-electron chi connectivity index (χ0n) is 10.6. The molecule has 0 spiro atoms. The second kappa shape index (κ2) is 5.46. The van der Waals surface area contributed by atoms with Gasteiger partial charge in [-0.25, -0.2) is 0 Å². The molecule has 0 bridgehead atoms. The van der Waals surface area contributed by atoms with Crippen LogP contribution in [0.2, 0.25) is 0 Å². The van der Waals surface area contributed by atoms with Crippen LogP contribution in [0.4, 0.5) is 5.69 Å². The van der Waals surface area contributed by atoms with Gasteiger partial charge in [-0.3, -0.25) is 9.97 Å². The molecule has 2 heterocycles. The van der Waals surface area contributed by atoms with E-state index in [0.29, 0.717) is 18.0 Å². The van der Waals surface area contributed by atoms with E-state index >= 15 is 0 Å². The minimum atomic E-state index is 0.392. The molecule has 3 aromatic rings. The molecule has 0 unspecified atom stereocenters. The maximum atomic E-state index is 5.94. The Balaban J connectivity index is 1.88. The number of ether oxygens (including phenoxy) is 1. The Morgan fingerprint density at radius 2 is 2.00 bits per heavy atom. The van der Waals surface area contributed by atoms with Crippen LogP contribution in [0.15, 0.2) is 53.3 Å². The summed E-state index contributed by atoms with van der Waals surface area (Å²) in [6.07, 6.45) is 3.48. The van der Waals surface area contributed by atoms with Crippen LogP contribution in [-0.2, 0) is 6.61 Å². The molecule has 0 aliphatic carbocycles. The van der Waals surface area contributed by atoms with E-state index in [9.17, 15) is 0 Å². The predicted molar refractivity (Wildman–Crippen MR) is 82.4 cm³/mol. The molecule has 0 atom stereocenters. The van der Waals surface area contributed by atoms with Gasteiger partial charge in [0, 0.05) is 27.9 Å². The summed E-state index contributed by atoms with van der Waals surface area (Å²) >= 11 is 3.35. The molecule has 2 N–H and O–H groups in total. The SMILES string of the molecule is Nc1ccc(OCc2ccc(Br)cn2)c2ncccc12. The average Bonchev–Trinajstić information content (AvgIpc) is 2.49. The van der Waals surface area contributed by atoms with E-state index in [4.69, 9.17) is 10.5 Å². The van der Waals surface area contributed by atoms with Gasteiger partial charge in [0.25, 0.3) is 0 Å². The third kappa shape index (κ3) is 2.58. The first-order valence-corrected chi connectivity index (χ1v) is 6.90. The predicted octanol–water partition coefficient (Wildman–Crippen LogP) is 3.55. The van der Waals surface area contributed by atoms with Crippen molar-refractivity contribution in [2.45, 2.75) is 6.61 Å². The summed E-state index contributed by atoms with van der Waals surface area (Å²) in [6.45, 7) is 0.392. The molecule has 4 nitrogen and oxygen atoms in total. The molecule has 0 radical (unpaired) electrons. The maximum absolute atomic E-state index is 5.94. The molecular weight excluding hydrogens is 318 g/mol. The quantitative estimate of drug-likeness (QED) is 0.746. The van der Waals surface area contributed by atoms with Gasteiger partial charge in [-0.05, 0) is 52.3 Å². The number of pyridine rings is 2. The van der Waals surface area contributed by atoms with E-state index in [1.165, 1.54) is 0 Å². The fourth-order valence-electron chi connectivity index (χ4n) is 1.93. The number of hydrogen-bond acceptors (Lipinski definition) is 4. The number of nitrogens with two attached hydrogens (primary N) is 1. The Hall–Kier alpha value is -2.14. The molecule has 0 fully saturated rings. The largest absolute Gasteiger partial charge is 0.485 e. The van der Waals surface area contributed by atoms with Crippen molar-refractivity contribution in [3.63, 3.8) is 0 Å². The summed E-state index contributed by atoms with van der Waals surface area (Å²) in [5, 5.41) is 0.897. The lowest BCUT2D eigenvalue weighted by atomic mass is 10.1. The Morgan fingerprint density at radius 3 is 2.80 bits per heavy atom. The number of nitrogen functional groups attached to an aromatic ring is 1. The molecule has 0 aliphatic rings. The minimum absolute atomic E-state index is 0.392. The van der Waals surface area contributed by atoms with Crippen LogP contribution in [-0.4, -0.2) is 9.97 Å². The Labute approximate surface area is 124 Å². The van der Waals surface area contributed by atoms with Gasteiger partial charge in [0.2, 0.25) is 0 Å². The number of benzene rings is 1. The first kappa shape index (κ1) is 12.9. The molecule has 0 amide bonds. The van der Waals surface area contributed by atoms with E-state index in [0.717, 1.165) is 21.1 Å². The number of hydrogen-bond donors (Lipinski definition) is 1. The van der Waals surface area contributed by atoms with Crippen LogP contribution in [0.3, 0.4) is 0 Å². The van der Waals surface area contributed by atoms with Gasteiger partial charge in [0.15, 0.2) is 0 Å². The lowest BCUT2D eigenvalue weighted by Crippen LogP contribution is -1.99. The molecule has 1 aromatic carbocycles. The second-order valence-corrected chi connectivity index (χ2v) is 5.22. The summed E-state index contributed by atoms with van der Waals surface area (Å²) in [7, 11) is 0. The first-order chi connectivity index (χ1) is 9.74. The average molecular weight is 330 g/mol. The summed E-state index contributed by atoms with van der Waals surface area (Å²) in [6, 6.07) is 11.3. The minimum Gasteiger partial charge on any atom is -0.485 e. The van der Waals surface area contributed by atoms with Crippen molar-refractivity contribution in [1.82, 2.24) is 9.97 Å². The van der Waals surface area contributed by atoms with E-state index in [-0.39, 0.29) is 0 Å². The van der Waals surface area contributed by atoms with Crippen LogP contribution >= 0.6 is 15.9 Å². The van der Waals surface area contributed by atoms with Crippen LogP contribution in [0.5, 0.6) is 5.75 Å². The fourth-order valence-corrected chi connectivity index (χ4v) is 2.16. The molecule has 0 aliphatic heterocycles. The summed E-state index contributed by atoms with van der Waals surface area (Å²) in [5.41, 5.74) is 8.26. The Kier molecular flexibility index (Phi) is 3.52. The van der Waals surface area contributed by atoms with Crippen molar-refractivity contribution >= 4 is 32.5 Å². The second-order valence-electron chi connectivity index (χ2n) is 4.31. The van der Waals surface area contributed by atoms with Gasteiger partial charge in [-0.1, -0.05) is 0 Å². The molecule has 0 saturated heterocycles. The van der Waals surface area contributed by atoms with Gasteiger partial charge in [-0.2, -0.15) is 0 Å². The van der Waals surface area contributed by atoms with Gasteiger partial charge in [0.05, 0.1) is 5.69 Å². The number of nitrogens with zero attached hydrogens (tertiary/aromatic N) is 2. The molecule has 2 aromatic heterocycles. The van der Waals surface area contributed by atoms with E-state index in [2.05, 4.69) is 25.9 Å². The highest BCUT2D eigenvalue weighted by Crippen LogP contribution is 2.28. The van der Waals surface area contributed by atoms with Crippen molar-refractivity contribution in [1.29, 1.82) is 0 Å². The number of aromatic nitrogens is 2. The monoisotopic (exact) mass is 329 g/mol. The van der Waals surface area contributed by atoms with Crippen LogP contribution in [0.25, 0.3) is 10.9 Å². The topological polar surface area (TPSA) is 61.0 Å². The van der Waals surface area contributed by atoms with Crippen molar-refractivity contribution < 1.29 is 4.74 Å². The zero-order chi connectivity index (χ0) is 13.9. The highest BCUT2D eigenvalue weighted by atomic mass is 79.9.